The summed E-state index contributed by atoms with van der Waals surface area (Å²) in [5, 5.41) is 25.2. The van der Waals surface area contributed by atoms with Crippen LogP contribution in [0.2, 0.25) is 5.02 Å². The van der Waals surface area contributed by atoms with E-state index in [0.29, 0.717) is 22.9 Å². The molecule has 5 heteroatoms. The number of likely N-dealkylation sites (tertiary alicyclic amines) is 1. The number of benzene rings is 2. The Morgan fingerprint density at radius 3 is 2.73 bits per heavy atom. The summed E-state index contributed by atoms with van der Waals surface area (Å²) in [7, 11) is 0. The lowest BCUT2D eigenvalue weighted by Gasteiger charge is -2.54. The zero-order valence-electron chi connectivity index (χ0n) is 22.3. The molecule has 5 rings (SSSR count). The lowest BCUT2D eigenvalue weighted by Crippen LogP contribution is -2.63. The average molecular weight is 521 g/mol. The molecule has 3 unspecified atom stereocenters. The van der Waals surface area contributed by atoms with Crippen molar-refractivity contribution in [1.82, 2.24) is 4.90 Å². The van der Waals surface area contributed by atoms with Gasteiger partial charge in [-0.05, 0) is 97.9 Å². The number of nitrogens with two attached hydrogens (primary N) is 1. The van der Waals surface area contributed by atoms with E-state index in [-0.39, 0.29) is 12.0 Å². The number of aromatic hydroxyl groups is 1. The third-order valence-corrected chi connectivity index (χ3v) is 9.39. The Bertz CT molecular complexity index is 1310. The number of phenolic OH excluding ortho intramolecular Hbond substituents is 1. The smallest absolute Gasteiger partial charge is 0.118 e. The number of hydrogen-bond donors (Lipinski definition) is 3. The quantitative estimate of drug-likeness (QED) is 0.496. The zero-order chi connectivity index (χ0) is 26.3. The molecule has 0 aromatic heterocycles. The van der Waals surface area contributed by atoms with Crippen molar-refractivity contribution in [2.45, 2.75) is 76.9 Å². The average Bonchev–Trinajstić information content (AvgIpc) is 3.69. The number of fused-ring (bicyclic) bond motifs is 1. The molecular weight excluding hydrogens is 480 g/mol. The van der Waals surface area contributed by atoms with Crippen LogP contribution in [-0.4, -0.2) is 39.8 Å². The summed E-state index contributed by atoms with van der Waals surface area (Å²) < 4.78 is 0. The highest BCUT2D eigenvalue weighted by Crippen LogP contribution is 2.48. The number of piperidine rings is 1. The second-order valence-corrected chi connectivity index (χ2v) is 12.1. The van der Waals surface area contributed by atoms with Crippen molar-refractivity contribution in [2.75, 3.05) is 13.1 Å². The summed E-state index contributed by atoms with van der Waals surface area (Å²) in [6, 6.07) is 11.7. The molecule has 1 saturated heterocycles. The molecule has 0 bridgehead atoms. The number of rotatable bonds is 7. The maximum absolute atomic E-state index is 12.6. The summed E-state index contributed by atoms with van der Waals surface area (Å²) in [6.07, 6.45) is 7.57. The van der Waals surface area contributed by atoms with Gasteiger partial charge in [-0.15, -0.1) is 0 Å². The minimum atomic E-state index is -0.880. The Morgan fingerprint density at radius 2 is 2.00 bits per heavy atom. The van der Waals surface area contributed by atoms with Crippen LogP contribution in [-0.2, 0) is 12.8 Å². The summed E-state index contributed by atoms with van der Waals surface area (Å²) >= 11 is 6.38. The molecule has 0 spiro atoms. The van der Waals surface area contributed by atoms with Gasteiger partial charge in [0.25, 0.3) is 0 Å². The fourth-order valence-electron chi connectivity index (χ4n) is 6.70. The van der Waals surface area contributed by atoms with Gasteiger partial charge >= 0.3 is 0 Å². The van der Waals surface area contributed by atoms with E-state index in [0.717, 1.165) is 72.7 Å². The van der Waals surface area contributed by atoms with E-state index in [4.69, 9.17) is 17.3 Å². The highest BCUT2D eigenvalue weighted by Gasteiger charge is 2.52. The van der Waals surface area contributed by atoms with Crippen LogP contribution < -0.4 is 16.2 Å². The third-order valence-electron chi connectivity index (χ3n) is 9.03. The Hall–Kier alpha value is -2.27. The molecule has 2 aromatic carbocycles. The molecule has 1 saturated carbocycles. The van der Waals surface area contributed by atoms with E-state index < -0.39 is 5.60 Å². The monoisotopic (exact) mass is 520 g/mol. The van der Waals surface area contributed by atoms with Crippen molar-refractivity contribution in [3.8, 4) is 5.75 Å². The van der Waals surface area contributed by atoms with E-state index in [1.807, 2.05) is 30.3 Å². The van der Waals surface area contributed by atoms with Crippen LogP contribution in [0.25, 0.3) is 12.3 Å². The summed E-state index contributed by atoms with van der Waals surface area (Å²) in [4.78, 5) is 2.56. The number of aliphatic hydroxyl groups is 1. The first-order valence-corrected chi connectivity index (χ1v) is 14.3. The van der Waals surface area contributed by atoms with Crippen molar-refractivity contribution in [2.24, 2.45) is 17.6 Å². The van der Waals surface area contributed by atoms with Crippen molar-refractivity contribution in [3.63, 3.8) is 0 Å². The molecule has 198 valence electrons. The zero-order valence-corrected chi connectivity index (χ0v) is 23.0. The maximum Gasteiger partial charge on any atom is 0.118 e. The first-order valence-electron chi connectivity index (χ1n) is 13.9. The molecule has 1 heterocycles. The second kappa shape index (κ2) is 10.5. The van der Waals surface area contributed by atoms with E-state index in [1.165, 1.54) is 24.0 Å². The number of halogens is 1. The van der Waals surface area contributed by atoms with E-state index >= 15 is 0 Å². The van der Waals surface area contributed by atoms with Crippen molar-refractivity contribution in [3.05, 3.63) is 74.1 Å². The minimum Gasteiger partial charge on any atom is -0.508 e. The van der Waals surface area contributed by atoms with Crippen molar-refractivity contribution < 1.29 is 10.2 Å². The molecule has 0 radical (unpaired) electrons. The van der Waals surface area contributed by atoms with Crippen LogP contribution in [0.4, 0.5) is 0 Å². The van der Waals surface area contributed by atoms with Gasteiger partial charge in [0, 0.05) is 34.9 Å². The summed E-state index contributed by atoms with van der Waals surface area (Å²) in [5.74, 6) is 1.32. The molecule has 4 N–H and O–H groups in total. The molecule has 37 heavy (non-hydrogen) atoms. The van der Waals surface area contributed by atoms with Crippen LogP contribution in [0.5, 0.6) is 5.75 Å². The standard InChI is InChI=1S/C32H41ClN2O2/c1-4-6-24-16-23(11-12-29(24)36)17-30-32(37)18-27(31(34)26-7-5-8-28(33)21(26)3)20(2)15-25(32)13-14-35(30)19-22-9-10-22/h5,7-8,11-12,16,22,25,30,36-37H,3-4,6,9-10,13-15,17-19,34H2,1-2H3/b31-26+. The SMILES string of the molecule is C=c1c(Cl)ccc/c1=C(\N)C1=C(C)CC2CCN(CC3CC3)C(Cc3ccc(O)c(CCC)c3)C2(O)C1. The number of aryl methyl sites for hydroxylation is 1. The largest absolute Gasteiger partial charge is 0.508 e. The lowest BCUT2D eigenvalue weighted by molar-refractivity contribution is -0.125. The number of allylic oxidation sites excluding steroid dienone is 1. The van der Waals surface area contributed by atoms with Gasteiger partial charge in [0.15, 0.2) is 0 Å². The fourth-order valence-corrected chi connectivity index (χ4v) is 6.87. The van der Waals surface area contributed by atoms with Gasteiger partial charge in [-0.25, -0.2) is 0 Å². The minimum absolute atomic E-state index is 0.000327. The number of hydrogen-bond acceptors (Lipinski definition) is 4. The Morgan fingerprint density at radius 1 is 1.22 bits per heavy atom. The molecule has 2 aromatic rings. The van der Waals surface area contributed by atoms with E-state index in [9.17, 15) is 10.2 Å². The Kier molecular flexibility index (Phi) is 7.46. The van der Waals surface area contributed by atoms with Crippen LogP contribution in [0.15, 0.2) is 47.5 Å². The van der Waals surface area contributed by atoms with Gasteiger partial charge in [-0.1, -0.05) is 61.4 Å². The van der Waals surface area contributed by atoms with Gasteiger partial charge in [0.05, 0.1) is 5.60 Å². The molecule has 0 amide bonds. The van der Waals surface area contributed by atoms with Crippen LogP contribution in [0.3, 0.4) is 0 Å². The van der Waals surface area contributed by atoms with Crippen LogP contribution in [0.1, 0.15) is 63.5 Å². The van der Waals surface area contributed by atoms with Crippen molar-refractivity contribution in [1.29, 1.82) is 0 Å². The Balaban J connectivity index is 1.54. The van der Waals surface area contributed by atoms with E-state index in [1.54, 1.807) is 0 Å². The topological polar surface area (TPSA) is 69.7 Å². The van der Waals surface area contributed by atoms with Gasteiger partial charge in [-0.3, -0.25) is 4.90 Å². The fraction of sp³-hybridized carbons (Fsp3) is 0.500. The van der Waals surface area contributed by atoms with Gasteiger partial charge in [0.1, 0.15) is 5.75 Å². The summed E-state index contributed by atoms with van der Waals surface area (Å²) in [5.41, 5.74) is 11.1. The molecule has 4 nitrogen and oxygen atoms in total. The van der Waals surface area contributed by atoms with Gasteiger partial charge < -0.3 is 15.9 Å². The predicted octanol–water partition coefficient (Wildman–Crippen LogP) is 4.66. The highest BCUT2D eigenvalue weighted by molar-refractivity contribution is 6.30. The van der Waals surface area contributed by atoms with Crippen LogP contribution in [0, 0.1) is 11.8 Å². The molecule has 3 aliphatic rings. The Labute approximate surface area is 226 Å². The van der Waals surface area contributed by atoms with Gasteiger partial charge in [-0.2, -0.15) is 0 Å². The first-order chi connectivity index (χ1) is 17.7. The molecule has 1 aliphatic heterocycles. The molecular formula is C32H41ClN2O2. The van der Waals surface area contributed by atoms with Crippen LogP contribution >= 0.6 is 11.6 Å². The number of nitrogens with zero attached hydrogens (tertiary/aromatic N) is 1. The third kappa shape index (κ3) is 5.21. The molecule has 2 aliphatic carbocycles. The highest BCUT2D eigenvalue weighted by atomic mass is 35.5. The van der Waals surface area contributed by atoms with Gasteiger partial charge in [0.2, 0.25) is 0 Å². The molecule has 2 fully saturated rings. The molecule has 3 atom stereocenters. The van der Waals surface area contributed by atoms with Crippen molar-refractivity contribution >= 4 is 23.9 Å². The van der Waals surface area contributed by atoms with E-state index in [2.05, 4.69) is 31.4 Å². The predicted molar refractivity (Wildman–Crippen MR) is 153 cm³/mol. The number of phenols is 1. The lowest BCUT2D eigenvalue weighted by atomic mass is 9.64. The second-order valence-electron chi connectivity index (χ2n) is 11.7. The maximum atomic E-state index is 12.6. The normalized spacial score (nSPS) is 27.2. The first kappa shape index (κ1) is 26.3. The summed E-state index contributed by atoms with van der Waals surface area (Å²) in [6.45, 7) is 10.5.